The molecule has 0 radical (unpaired) electrons. The van der Waals surface area contributed by atoms with E-state index in [1.54, 1.807) is 6.07 Å². The van der Waals surface area contributed by atoms with E-state index in [4.69, 9.17) is 21.2 Å². The van der Waals surface area contributed by atoms with E-state index < -0.39 is 6.10 Å². The average molecular weight is 365 g/mol. The van der Waals surface area contributed by atoms with E-state index in [1.807, 2.05) is 37.3 Å². The van der Waals surface area contributed by atoms with Gasteiger partial charge < -0.3 is 14.9 Å². The number of oxime groups is 1. The van der Waals surface area contributed by atoms with Crippen molar-refractivity contribution in [3.63, 3.8) is 0 Å². The highest BCUT2D eigenvalue weighted by molar-refractivity contribution is 7.18. The summed E-state index contributed by atoms with van der Waals surface area (Å²) in [6.07, 6.45) is -0.152. The second-order valence-electron chi connectivity index (χ2n) is 5.40. The number of nitrogens with zero attached hydrogens (tertiary/aromatic N) is 1. The number of amides is 1. The molecule has 1 aromatic carbocycles. The molecule has 1 atom stereocenters. The zero-order valence-corrected chi connectivity index (χ0v) is 14.7. The number of carbonyl (C=O) groups is 1. The molecule has 126 valence electrons. The smallest absolute Gasteiger partial charge is 0.264 e. The van der Waals surface area contributed by atoms with Crippen LogP contribution in [0, 0.1) is 6.92 Å². The van der Waals surface area contributed by atoms with Crippen molar-refractivity contribution in [2.45, 2.75) is 19.4 Å². The van der Waals surface area contributed by atoms with Gasteiger partial charge in [0.05, 0.1) is 15.8 Å². The first kappa shape index (κ1) is 16.8. The lowest BCUT2D eigenvalue weighted by Gasteiger charge is -2.10. The SMILES string of the molecule is Cc1cccc(OCCNC(=O)C2CC(c3ccc(Cl)s3)=NO2)c1. The van der Waals surface area contributed by atoms with Crippen LogP contribution < -0.4 is 10.1 Å². The molecule has 2 aromatic rings. The Morgan fingerprint density at radius 1 is 1.46 bits per heavy atom. The third-order valence-corrected chi connectivity index (χ3v) is 4.76. The first-order chi connectivity index (χ1) is 11.6. The van der Waals surface area contributed by atoms with Gasteiger partial charge >= 0.3 is 0 Å². The van der Waals surface area contributed by atoms with Crippen molar-refractivity contribution in [2.75, 3.05) is 13.2 Å². The second-order valence-corrected chi connectivity index (χ2v) is 7.11. The third-order valence-electron chi connectivity index (χ3n) is 3.48. The quantitative estimate of drug-likeness (QED) is 0.799. The molecule has 0 fully saturated rings. The van der Waals surface area contributed by atoms with Crippen molar-refractivity contribution < 1.29 is 14.4 Å². The Balaban J connectivity index is 1.40. The number of benzene rings is 1. The molecule has 0 bridgehead atoms. The second kappa shape index (κ2) is 7.68. The molecule has 1 aliphatic heterocycles. The summed E-state index contributed by atoms with van der Waals surface area (Å²) in [4.78, 5) is 18.3. The van der Waals surface area contributed by atoms with E-state index in [2.05, 4.69) is 10.5 Å². The number of hydrogen-bond donors (Lipinski definition) is 1. The first-order valence-corrected chi connectivity index (χ1v) is 8.77. The third kappa shape index (κ3) is 4.27. The van der Waals surface area contributed by atoms with Crippen LogP contribution in [-0.2, 0) is 9.63 Å². The first-order valence-electron chi connectivity index (χ1n) is 7.57. The Kier molecular flexibility index (Phi) is 5.37. The van der Waals surface area contributed by atoms with Gasteiger partial charge in [0.1, 0.15) is 18.1 Å². The molecule has 5 nitrogen and oxygen atoms in total. The van der Waals surface area contributed by atoms with E-state index in [1.165, 1.54) is 11.3 Å². The highest BCUT2D eigenvalue weighted by atomic mass is 35.5. The maximum atomic E-state index is 12.1. The summed E-state index contributed by atoms with van der Waals surface area (Å²) >= 11 is 7.33. The van der Waals surface area contributed by atoms with Gasteiger partial charge in [-0.15, -0.1) is 11.3 Å². The Morgan fingerprint density at radius 3 is 3.08 bits per heavy atom. The number of carbonyl (C=O) groups excluding carboxylic acids is 1. The van der Waals surface area contributed by atoms with Crippen molar-refractivity contribution in [1.82, 2.24) is 5.32 Å². The van der Waals surface area contributed by atoms with E-state index in [9.17, 15) is 4.79 Å². The number of rotatable bonds is 6. The Hall–Kier alpha value is -2.05. The van der Waals surface area contributed by atoms with Crippen LogP contribution in [0.15, 0.2) is 41.6 Å². The molecule has 1 unspecified atom stereocenters. The molecule has 0 saturated carbocycles. The zero-order valence-electron chi connectivity index (χ0n) is 13.1. The summed E-state index contributed by atoms with van der Waals surface area (Å²) in [5, 5.41) is 6.79. The molecule has 2 heterocycles. The van der Waals surface area contributed by atoms with Crippen molar-refractivity contribution in [3.8, 4) is 5.75 Å². The minimum absolute atomic E-state index is 0.191. The molecule has 24 heavy (non-hydrogen) atoms. The van der Waals surface area contributed by atoms with Crippen LogP contribution in [0.2, 0.25) is 4.34 Å². The number of hydrogen-bond acceptors (Lipinski definition) is 5. The molecule has 1 amide bonds. The van der Waals surface area contributed by atoms with Gasteiger partial charge in [-0.2, -0.15) is 0 Å². The molecule has 0 spiro atoms. The molecule has 7 heteroatoms. The van der Waals surface area contributed by atoms with Gasteiger partial charge in [-0.1, -0.05) is 28.9 Å². The maximum absolute atomic E-state index is 12.1. The van der Waals surface area contributed by atoms with E-state index in [0.29, 0.717) is 23.9 Å². The fourth-order valence-electron chi connectivity index (χ4n) is 2.29. The molecular formula is C17H17ClN2O3S. The van der Waals surface area contributed by atoms with Crippen molar-refractivity contribution in [1.29, 1.82) is 0 Å². The molecule has 0 aliphatic carbocycles. The Labute approximate surface area is 149 Å². The summed E-state index contributed by atoms with van der Waals surface area (Å²) in [5.74, 6) is 0.603. The van der Waals surface area contributed by atoms with Gasteiger partial charge in [0, 0.05) is 6.42 Å². The monoisotopic (exact) mass is 364 g/mol. The van der Waals surface area contributed by atoms with Crippen LogP contribution in [0.4, 0.5) is 0 Å². The maximum Gasteiger partial charge on any atom is 0.264 e. The van der Waals surface area contributed by atoms with E-state index >= 15 is 0 Å². The zero-order chi connectivity index (χ0) is 16.9. The minimum atomic E-state index is -0.597. The number of nitrogens with one attached hydrogen (secondary N) is 1. The van der Waals surface area contributed by atoms with Crippen LogP contribution in [0.3, 0.4) is 0 Å². The standard InChI is InChI=1S/C17H17ClN2O3S/c1-11-3-2-4-12(9-11)22-8-7-19-17(21)14-10-13(20-23-14)15-5-6-16(18)24-15/h2-6,9,14H,7-8,10H2,1H3,(H,19,21). The van der Waals surface area contributed by atoms with Crippen LogP contribution in [0.25, 0.3) is 0 Å². The fourth-order valence-corrected chi connectivity index (χ4v) is 3.33. The van der Waals surface area contributed by atoms with Crippen molar-refractivity contribution in [3.05, 3.63) is 51.2 Å². The summed E-state index contributed by atoms with van der Waals surface area (Å²) in [6.45, 7) is 2.81. The molecule has 1 aliphatic rings. The highest BCUT2D eigenvalue weighted by Gasteiger charge is 2.29. The van der Waals surface area contributed by atoms with Crippen molar-refractivity contribution in [2.24, 2.45) is 5.16 Å². The average Bonchev–Trinajstić information content (AvgIpc) is 3.20. The van der Waals surface area contributed by atoms with Crippen molar-refractivity contribution >= 4 is 34.6 Å². The molecule has 0 saturated heterocycles. The van der Waals surface area contributed by atoms with Gasteiger partial charge in [-0.3, -0.25) is 4.79 Å². The summed E-state index contributed by atoms with van der Waals surface area (Å²) in [5.41, 5.74) is 1.89. The highest BCUT2D eigenvalue weighted by Crippen LogP contribution is 2.26. The lowest BCUT2D eigenvalue weighted by Crippen LogP contribution is -2.37. The number of thiophene rings is 1. The predicted octanol–water partition coefficient (Wildman–Crippen LogP) is 3.40. The fraction of sp³-hybridized carbons (Fsp3) is 0.294. The van der Waals surface area contributed by atoms with Crippen LogP contribution in [-0.4, -0.2) is 30.9 Å². The molecule has 1 N–H and O–H groups in total. The molecular weight excluding hydrogens is 348 g/mol. The van der Waals surface area contributed by atoms with Gasteiger partial charge in [0.2, 0.25) is 6.10 Å². The Morgan fingerprint density at radius 2 is 2.33 bits per heavy atom. The molecule has 1 aromatic heterocycles. The van der Waals surface area contributed by atoms with Gasteiger partial charge in [-0.25, -0.2) is 0 Å². The largest absolute Gasteiger partial charge is 0.492 e. The van der Waals surface area contributed by atoms with Crippen LogP contribution in [0.1, 0.15) is 16.9 Å². The summed E-state index contributed by atoms with van der Waals surface area (Å²) < 4.78 is 6.28. The van der Waals surface area contributed by atoms with Crippen LogP contribution in [0.5, 0.6) is 5.75 Å². The van der Waals surface area contributed by atoms with E-state index in [-0.39, 0.29) is 5.91 Å². The van der Waals surface area contributed by atoms with Crippen LogP contribution >= 0.6 is 22.9 Å². The molecule has 3 rings (SSSR count). The van der Waals surface area contributed by atoms with Gasteiger partial charge in [0.15, 0.2) is 0 Å². The number of halogens is 1. The number of ether oxygens (including phenoxy) is 1. The van der Waals surface area contributed by atoms with Gasteiger partial charge in [0.25, 0.3) is 5.91 Å². The minimum Gasteiger partial charge on any atom is -0.492 e. The van der Waals surface area contributed by atoms with E-state index in [0.717, 1.165) is 21.9 Å². The topological polar surface area (TPSA) is 59.9 Å². The predicted molar refractivity (Wildman–Crippen MR) is 95.0 cm³/mol. The Bertz CT molecular complexity index is 760. The van der Waals surface area contributed by atoms with Gasteiger partial charge in [-0.05, 0) is 36.8 Å². The summed E-state index contributed by atoms with van der Waals surface area (Å²) in [6, 6.07) is 11.5. The summed E-state index contributed by atoms with van der Waals surface area (Å²) in [7, 11) is 0. The lowest BCUT2D eigenvalue weighted by molar-refractivity contribution is -0.131. The normalized spacial score (nSPS) is 16.4. The lowest BCUT2D eigenvalue weighted by atomic mass is 10.1. The number of aryl methyl sites for hydroxylation is 1.